The third kappa shape index (κ3) is 3.40. The van der Waals surface area contributed by atoms with Crippen LogP contribution in [0.4, 0.5) is 5.69 Å². The molecular formula is C10H13N3O2. The minimum Gasteiger partial charge on any atom is -0.411 e. The number of rotatable bonds is 3. The lowest BCUT2D eigenvalue weighted by Gasteiger charge is -1.99. The first kappa shape index (κ1) is 11.2. The van der Waals surface area contributed by atoms with Gasteiger partial charge in [0, 0.05) is 0 Å². The molecule has 0 aliphatic rings. The molecule has 0 amide bonds. The van der Waals surface area contributed by atoms with Crippen LogP contribution in [0.5, 0.6) is 0 Å². The smallest absolute Gasteiger partial charge is 0.172 e. The van der Waals surface area contributed by atoms with E-state index in [0.29, 0.717) is 5.69 Å². The van der Waals surface area contributed by atoms with Crippen molar-refractivity contribution in [3.05, 3.63) is 29.8 Å². The van der Waals surface area contributed by atoms with Gasteiger partial charge in [0.15, 0.2) is 5.84 Å². The summed E-state index contributed by atoms with van der Waals surface area (Å²) in [5.74, 6) is 0.0711. The van der Waals surface area contributed by atoms with Gasteiger partial charge in [0.05, 0.1) is 5.69 Å². The Kier molecular flexibility index (Phi) is 4.30. The van der Waals surface area contributed by atoms with Crippen LogP contribution in [0.2, 0.25) is 0 Å². The topological polar surface area (TPSA) is 77.2 Å². The average molecular weight is 207 g/mol. The highest BCUT2D eigenvalue weighted by Gasteiger charge is 1.94. The van der Waals surface area contributed by atoms with Crippen LogP contribution in [0.1, 0.15) is 12.5 Å². The van der Waals surface area contributed by atoms with Crippen molar-refractivity contribution in [2.45, 2.75) is 13.3 Å². The van der Waals surface area contributed by atoms with Crippen LogP contribution in [-0.2, 0) is 6.42 Å². The number of aliphatic imine (C=N–C) groups is 1. The summed E-state index contributed by atoms with van der Waals surface area (Å²) < 4.78 is 0. The normalized spacial score (nSPS) is 12.0. The molecule has 0 saturated carbocycles. The van der Waals surface area contributed by atoms with Crippen molar-refractivity contribution >= 4 is 17.7 Å². The van der Waals surface area contributed by atoms with Gasteiger partial charge in [-0.25, -0.2) is 4.99 Å². The van der Waals surface area contributed by atoms with Crippen molar-refractivity contribution in [2.24, 2.45) is 10.1 Å². The minimum atomic E-state index is 0.0711. The molecule has 15 heavy (non-hydrogen) atoms. The highest BCUT2D eigenvalue weighted by atomic mass is 16.5. The lowest BCUT2D eigenvalue weighted by Crippen LogP contribution is -2.19. The Morgan fingerprint density at radius 1 is 1.40 bits per heavy atom. The highest BCUT2D eigenvalue weighted by molar-refractivity contribution is 6.29. The number of aryl methyl sites for hydroxylation is 1. The highest BCUT2D eigenvalue weighted by Crippen LogP contribution is 2.13. The molecule has 0 heterocycles. The Morgan fingerprint density at radius 2 is 2.07 bits per heavy atom. The molecule has 0 aliphatic carbocycles. The summed E-state index contributed by atoms with van der Waals surface area (Å²) in [4.78, 5) is 3.99. The van der Waals surface area contributed by atoms with E-state index >= 15 is 0 Å². The number of hydroxylamine groups is 1. The van der Waals surface area contributed by atoms with Gasteiger partial charge in [-0.2, -0.15) is 0 Å². The van der Waals surface area contributed by atoms with Gasteiger partial charge in [0.25, 0.3) is 0 Å². The van der Waals surface area contributed by atoms with E-state index in [-0.39, 0.29) is 5.84 Å². The molecule has 0 aliphatic heterocycles. The van der Waals surface area contributed by atoms with Crippen LogP contribution < -0.4 is 5.48 Å². The van der Waals surface area contributed by atoms with E-state index in [0.717, 1.165) is 12.6 Å². The fourth-order valence-corrected chi connectivity index (χ4v) is 1.08. The van der Waals surface area contributed by atoms with Crippen LogP contribution in [0.15, 0.2) is 34.4 Å². The molecule has 80 valence electrons. The predicted molar refractivity (Wildman–Crippen MR) is 58.1 cm³/mol. The zero-order chi connectivity index (χ0) is 11.1. The Morgan fingerprint density at radius 3 is 2.53 bits per heavy atom. The van der Waals surface area contributed by atoms with Crippen molar-refractivity contribution in [3.8, 4) is 0 Å². The van der Waals surface area contributed by atoms with Crippen LogP contribution in [0.3, 0.4) is 0 Å². The molecule has 0 atom stereocenters. The van der Waals surface area contributed by atoms with E-state index < -0.39 is 0 Å². The minimum absolute atomic E-state index is 0.0711. The van der Waals surface area contributed by atoms with Crippen molar-refractivity contribution in [1.29, 1.82) is 0 Å². The lowest BCUT2D eigenvalue weighted by molar-refractivity contribution is 0.236. The van der Waals surface area contributed by atoms with Crippen LogP contribution >= 0.6 is 0 Å². The van der Waals surface area contributed by atoms with Crippen LogP contribution in [0, 0.1) is 0 Å². The number of amidine groups is 1. The molecule has 5 heteroatoms. The van der Waals surface area contributed by atoms with Gasteiger partial charge in [-0.3, -0.25) is 10.7 Å². The fraction of sp³-hybridized carbons (Fsp3) is 0.200. The maximum Gasteiger partial charge on any atom is 0.172 e. The van der Waals surface area contributed by atoms with Crippen molar-refractivity contribution in [2.75, 3.05) is 0 Å². The molecule has 3 N–H and O–H groups in total. The largest absolute Gasteiger partial charge is 0.411 e. The number of nitrogens with one attached hydrogen (secondary N) is 1. The Hall–Kier alpha value is -1.88. The summed E-state index contributed by atoms with van der Waals surface area (Å²) in [6.45, 7) is 2.07. The molecule has 0 saturated heterocycles. The first-order valence-corrected chi connectivity index (χ1v) is 4.55. The Balaban J connectivity index is 2.86. The summed E-state index contributed by atoms with van der Waals surface area (Å²) in [6, 6.07) is 7.54. The van der Waals surface area contributed by atoms with Crippen molar-refractivity contribution in [3.63, 3.8) is 0 Å². The van der Waals surface area contributed by atoms with Gasteiger partial charge in [0.1, 0.15) is 6.21 Å². The Bertz CT molecular complexity index is 357. The first-order chi connectivity index (χ1) is 7.30. The van der Waals surface area contributed by atoms with Gasteiger partial charge < -0.3 is 5.21 Å². The zero-order valence-corrected chi connectivity index (χ0v) is 8.38. The molecule has 0 bridgehead atoms. The molecule has 1 aromatic carbocycles. The molecule has 0 spiro atoms. The molecule has 0 unspecified atom stereocenters. The number of hydrogen-bond donors (Lipinski definition) is 3. The second-order valence-electron chi connectivity index (χ2n) is 2.87. The van der Waals surface area contributed by atoms with Gasteiger partial charge in [0.2, 0.25) is 0 Å². The maximum atomic E-state index is 8.64. The first-order valence-electron chi connectivity index (χ1n) is 4.55. The number of benzene rings is 1. The zero-order valence-electron chi connectivity index (χ0n) is 8.38. The van der Waals surface area contributed by atoms with Gasteiger partial charge >= 0.3 is 0 Å². The van der Waals surface area contributed by atoms with Gasteiger partial charge in [-0.15, -0.1) is 0 Å². The number of oxime groups is 1. The van der Waals surface area contributed by atoms with E-state index in [1.807, 2.05) is 29.7 Å². The van der Waals surface area contributed by atoms with Gasteiger partial charge in [-0.05, 0) is 24.1 Å². The predicted octanol–water partition coefficient (Wildman–Crippen LogP) is 1.72. The number of nitrogens with zero attached hydrogens (tertiary/aromatic N) is 2. The second-order valence-corrected chi connectivity index (χ2v) is 2.87. The molecule has 0 aromatic heterocycles. The molecule has 0 fully saturated rings. The summed E-state index contributed by atoms with van der Waals surface area (Å²) in [7, 11) is 0. The summed E-state index contributed by atoms with van der Waals surface area (Å²) in [6.07, 6.45) is 1.97. The standard InChI is InChI=1S/C10H13N3O2/c1-2-8-3-5-9(6-4-8)12-10(13-15)7-11-14/h3-7,14-15H,2H2,1H3,(H,12,13). The van der Waals surface area contributed by atoms with Crippen LogP contribution in [-0.4, -0.2) is 22.5 Å². The average Bonchev–Trinajstić information content (AvgIpc) is 2.29. The fourth-order valence-electron chi connectivity index (χ4n) is 1.08. The molecule has 1 aromatic rings. The van der Waals surface area contributed by atoms with E-state index in [1.165, 1.54) is 5.56 Å². The lowest BCUT2D eigenvalue weighted by atomic mass is 10.1. The van der Waals surface area contributed by atoms with Crippen LogP contribution in [0.25, 0.3) is 0 Å². The second kappa shape index (κ2) is 5.77. The SMILES string of the molecule is CCc1ccc(N=C(C=NO)NO)cc1. The van der Waals surface area contributed by atoms with Crippen molar-refractivity contribution in [1.82, 2.24) is 5.48 Å². The Labute approximate surface area is 87.7 Å². The maximum absolute atomic E-state index is 8.64. The molecular weight excluding hydrogens is 194 g/mol. The van der Waals surface area contributed by atoms with E-state index in [9.17, 15) is 0 Å². The summed E-state index contributed by atoms with van der Waals surface area (Å²) in [5, 5.41) is 19.7. The van der Waals surface area contributed by atoms with E-state index in [4.69, 9.17) is 10.4 Å². The monoisotopic (exact) mass is 207 g/mol. The van der Waals surface area contributed by atoms with E-state index in [2.05, 4.69) is 17.1 Å². The summed E-state index contributed by atoms with van der Waals surface area (Å²) in [5.41, 5.74) is 3.70. The molecule has 5 nitrogen and oxygen atoms in total. The molecule has 1 rings (SSSR count). The molecule has 0 radical (unpaired) electrons. The summed E-state index contributed by atoms with van der Waals surface area (Å²) >= 11 is 0. The van der Waals surface area contributed by atoms with E-state index in [1.54, 1.807) is 0 Å². The van der Waals surface area contributed by atoms with Gasteiger partial charge in [-0.1, -0.05) is 24.2 Å². The van der Waals surface area contributed by atoms with Crippen molar-refractivity contribution < 1.29 is 10.4 Å². The third-order valence-corrected chi connectivity index (χ3v) is 1.89. The number of hydrogen-bond acceptors (Lipinski definition) is 4. The quantitative estimate of drug-likeness (QED) is 0.305. The third-order valence-electron chi connectivity index (χ3n) is 1.89.